The second-order valence-corrected chi connectivity index (χ2v) is 9.19. The minimum absolute atomic E-state index is 0.285. The van der Waals surface area contributed by atoms with Crippen molar-refractivity contribution in [2.75, 3.05) is 5.84 Å². The van der Waals surface area contributed by atoms with Crippen molar-refractivity contribution in [1.82, 2.24) is 19.9 Å². The van der Waals surface area contributed by atoms with Gasteiger partial charge in [0.25, 0.3) is 5.56 Å². The summed E-state index contributed by atoms with van der Waals surface area (Å²) >= 11 is 6.17. The molecule has 0 amide bonds. The lowest BCUT2D eigenvalue weighted by atomic mass is 10.1. The molecule has 10 heteroatoms. The van der Waals surface area contributed by atoms with Crippen LogP contribution in [0.4, 0.5) is 0 Å². The molecule has 0 bridgehead atoms. The molecular weight excluding hydrogens is 498 g/mol. The standard InChI is InChI=1S/C21H14BrN5O2S2/c22-15-9-5-4-8-13(15)18-26-25-16(29-18)11-31-21-24-19-17(20(28)27(21)23)14(10-30-19)12-6-2-1-3-7-12/h1-10H,11,23H2. The number of hydrogen-bond donors (Lipinski definition) is 1. The van der Waals surface area contributed by atoms with Gasteiger partial charge in [0.15, 0.2) is 5.16 Å². The van der Waals surface area contributed by atoms with Crippen molar-refractivity contribution in [2.24, 2.45) is 0 Å². The number of aromatic nitrogens is 4. The van der Waals surface area contributed by atoms with Crippen molar-refractivity contribution in [2.45, 2.75) is 10.9 Å². The second-order valence-electron chi connectivity index (χ2n) is 6.53. The fraction of sp³-hybridized carbons (Fsp3) is 0.0476. The molecule has 3 aromatic heterocycles. The lowest BCUT2D eigenvalue weighted by molar-refractivity contribution is 0.528. The highest BCUT2D eigenvalue weighted by Crippen LogP contribution is 2.32. The number of thiophene rings is 1. The number of fused-ring (bicyclic) bond motifs is 1. The zero-order valence-corrected chi connectivity index (χ0v) is 19.1. The Morgan fingerprint density at radius 2 is 1.84 bits per heavy atom. The largest absolute Gasteiger partial charge is 0.420 e. The first-order valence-corrected chi connectivity index (χ1v) is 11.8. The van der Waals surface area contributed by atoms with Gasteiger partial charge in [-0.25, -0.2) is 9.66 Å². The molecule has 2 aromatic carbocycles. The molecule has 0 aliphatic heterocycles. The zero-order chi connectivity index (χ0) is 21.4. The van der Waals surface area contributed by atoms with E-state index in [0.29, 0.717) is 32.9 Å². The Kier molecular flexibility index (Phi) is 5.34. The average Bonchev–Trinajstić information content (AvgIpc) is 3.43. The quantitative estimate of drug-likeness (QED) is 0.202. The van der Waals surface area contributed by atoms with Crippen LogP contribution in [0.15, 0.2) is 78.8 Å². The number of nitrogen functional groups attached to an aromatic ring is 1. The fourth-order valence-electron chi connectivity index (χ4n) is 3.10. The van der Waals surface area contributed by atoms with Gasteiger partial charge in [-0.05, 0) is 33.6 Å². The van der Waals surface area contributed by atoms with Crippen LogP contribution in [0, 0.1) is 0 Å². The van der Waals surface area contributed by atoms with E-state index >= 15 is 0 Å². The van der Waals surface area contributed by atoms with E-state index in [4.69, 9.17) is 10.3 Å². The van der Waals surface area contributed by atoms with Crippen LogP contribution in [0.3, 0.4) is 0 Å². The molecule has 0 radical (unpaired) electrons. The van der Waals surface area contributed by atoms with Gasteiger partial charge in [0.1, 0.15) is 4.83 Å². The first kappa shape index (κ1) is 20.0. The zero-order valence-electron chi connectivity index (χ0n) is 15.9. The van der Waals surface area contributed by atoms with Gasteiger partial charge < -0.3 is 10.3 Å². The number of thioether (sulfide) groups is 1. The second kappa shape index (κ2) is 8.29. The van der Waals surface area contributed by atoms with E-state index in [1.54, 1.807) is 0 Å². The van der Waals surface area contributed by atoms with Crippen molar-refractivity contribution in [3.63, 3.8) is 0 Å². The van der Waals surface area contributed by atoms with E-state index in [1.165, 1.54) is 23.1 Å². The van der Waals surface area contributed by atoms with E-state index in [-0.39, 0.29) is 5.56 Å². The molecule has 0 aliphatic carbocycles. The number of halogens is 1. The minimum atomic E-state index is -0.285. The maximum absolute atomic E-state index is 13.0. The molecule has 5 rings (SSSR count). The van der Waals surface area contributed by atoms with Gasteiger partial charge in [0, 0.05) is 15.4 Å². The molecule has 0 aliphatic rings. The topological polar surface area (TPSA) is 99.8 Å². The Balaban J connectivity index is 1.43. The maximum atomic E-state index is 13.0. The highest BCUT2D eigenvalue weighted by Gasteiger charge is 2.17. The van der Waals surface area contributed by atoms with Crippen LogP contribution in [0.1, 0.15) is 5.89 Å². The van der Waals surface area contributed by atoms with Crippen molar-refractivity contribution in [3.05, 3.63) is 80.7 Å². The van der Waals surface area contributed by atoms with E-state index in [1.807, 2.05) is 60.0 Å². The average molecular weight is 512 g/mol. The van der Waals surface area contributed by atoms with Gasteiger partial charge in [0.2, 0.25) is 11.8 Å². The van der Waals surface area contributed by atoms with E-state index in [0.717, 1.165) is 25.8 Å². The first-order valence-electron chi connectivity index (χ1n) is 9.16. The molecule has 5 aromatic rings. The molecule has 0 saturated heterocycles. The van der Waals surface area contributed by atoms with Crippen molar-refractivity contribution in [1.29, 1.82) is 0 Å². The summed E-state index contributed by atoms with van der Waals surface area (Å²) in [4.78, 5) is 18.2. The van der Waals surface area contributed by atoms with Gasteiger partial charge in [0.05, 0.1) is 16.7 Å². The third kappa shape index (κ3) is 3.78. The van der Waals surface area contributed by atoms with Crippen LogP contribution < -0.4 is 11.4 Å². The highest BCUT2D eigenvalue weighted by molar-refractivity contribution is 9.10. The summed E-state index contributed by atoms with van der Waals surface area (Å²) in [5.41, 5.74) is 2.32. The smallest absolute Gasteiger partial charge is 0.282 e. The summed E-state index contributed by atoms with van der Waals surface area (Å²) < 4.78 is 7.71. The summed E-state index contributed by atoms with van der Waals surface area (Å²) in [5, 5.41) is 11.1. The van der Waals surface area contributed by atoms with Crippen molar-refractivity contribution < 1.29 is 4.42 Å². The molecule has 31 heavy (non-hydrogen) atoms. The molecule has 154 valence electrons. The Labute approximate surface area is 193 Å². The fourth-order valence-corrected chi connectivity index (χ4v) is 5.30. The number of nitrogens with two attached hydrogens (primary N) is 1. The number of nitrogens with zero attached hydrogens (tertiary/aromatic N) is 4. The van der Waals surface area contributed by atoms with Crippen LogP contribution in [0.2, 0.25) is 0 Å². The van der Waals surface area contributed by atoms with Gasteiger partial charge in [-0.3, -0.25) is 4.79 Å². The summed E-state index contributed by atoms with van der Waals surface area (Å²) in [7, 11) is 0. The van der Waals surface area contributed by atoms with Crippen LogP contribution >= 0.6 is 39.0 Å². The molecule has 0 saturated carbocycles. The summed E-state index contributed by atoms with van der Waals surface area (Å²) in [6, 6.07) is 17.3. The molecule has 7 nitrogen and oxygen atoms in total. The van der Waals surface area contributed by atoms with Crippen LogP contribution in [0.5, 0.6) is 0 Å². The molecule has 3 heterocycles. The normalized spacial score (nSPS) is 11.3. The summed E-state index contributed by atoms with van der Waals surface area (Å²) in [6.45, 7) is 0. The van der Waals surface area contributed by atoms with Gasteiger partial charge >= 0.3 is 0 Å². The Morgan fingerprint density at radius 1 is 1.06 bits per heavy atom. The predicted octanol–water partition coefficient (Wildman–Crippen LogP) is 4.94. The highest BCUT2D eigenvalue weighted by atomic mass is 79.9. The lowest BCUT2D eigenvalue weighted by Gasteiger charge is -2.06. The van der Waals surface area contributed by atoms with Gasteiger partial charge in [-0.15, -0.1) is 21.5 Å². The lowest BCUT2D eigenvalue weighted by Crippen LogP contribution is -2.29. The SMILES string of the molecule is Nn1c(SCc2nnc(-c3ccccc3Br)o2)nc2scc(-c3ccccc3)c2c1=O. The predicted molar refractivity (Wildman–Crippen MR) is 126 cm³/mol. The monoisotopic (exact) mass is 511 g/mol. The first-order chi connectivity index (χ1) is 15.1. The molecule has 0 unspecified atom stereocenters. The van der Waals surface area contributed by atoms with E-state index in [2.05, 4.69) is 31.1 Å². The molecular formula is C21H14BrN5O2S2. The number of hydrogen-bond acceptors (Lipinski definition) is 8. The maximum Gasteiger partial charge on any atom is 0.282 e. The molecule has 0 atom stereocenters. The van der Waals surface area contributed by atoms with Crippen molar-refractivity contribution >= 4 is 49.2 Å². The molecule has 0 spiro atoms. The van der Waals surface area contributed by atoms with E-state index in [9.17, 15) is 4.79 Å². The summed E-state index contributed by atoms with van der Waals surface area (Å²) in [6.07, 6.45) is 0. The van der Waals surface area contributed by atoms with Crippen LogP contribution in [-0.4, -0.2) is 19.9 Å². The third-order valence-electron chi connectivity index (χ3n) is 4.59. The van der Waals surface area contributed by atoms with Crippen molar-refractivity contribution in [3.8, 4) is 22.6 Å². The molecule has 0 fully saturated rings. The number of benzene rings is 2. The summed E-state index contributed by atoms with van der Waals surface area (Å²) in [5.74, 6) is 7.26. The Morgan fingerprint density at radius 3 is 2.65 bits per heavy atom. The van der Waals surface area contributed by atoms with Crippen LogP contribution in [0.25, 0.3) is 32.8 Å². The molecule has 2 N–H and O–H groups in total. The van der Waals surface area contributed by atoms with Gasteiger partial charge in [-0.2, -0.15) is 0 Å². The van der Waals surface area contributed by atoms with Gasteiger partial charge in [-0.1, -0.05) is 54.2 Å². The Bertz CT molecular complexity index is 1450. The minimum Gasteiger partial charge on any atom is -0.420 e. The van der Waals surface area contributed by atoms with Crippen LogP contribution in [-0.2, 0) is 5.75 Å². The Hall–Kier alpha value is -2.95. The number of rotatable bonds is 5. The third-order valence-corrected chi connectivity index (χ3v) is 7.09. The van der Waals surface area contributed by atoms with E-state index < -0.39 is 0 Å².